The average Bonchev–Trinajstić information content (AvgIpc) is 2.67. The van der Waals surface area contributed by atoms with E-state index in [1.165, 1.54) is 12.1 Å². The molecule has 0 saturated carbocycles. The predicted molar refractivity (Wildman–Crippen MR) is 118 cm³/mol. The number of fused-ring (bicyclic) bond motifs is 1. The number of amides is 1. The highest BCUT2D eigenvalue weighted by Gasteiger charge is 2.28. The van der Waals surface area contributed by atoms with E-state index < -0.39 is 28.5 Å². The molecule has 8 heteroatoms. The lowest BCUT2D eigenvalue weighted by Crippen LogP contribution is -2.46. The van der Waals surface area contributed by atoms with Crippen molar-refractivity contribution in [2.24, 2.45) is 0 Å². The third-order valence-electron chi connectivity index (χ3n) is 4.83. The first kappa shape index (κ1) is 22.8. The Morgan fingerprint density at radius 2 is 1.90 bits per heavy atom. The Labute approximate surface area is 183 Å². The Kier molecular flexibility index (Phi) is 6.71. The van der Waals surface area contributed by atoms with Gasteiger partial charge in [-0.3, -0.25) is 4.21 Å². The average molecular weight is 444 g/mol. The van der Waals surface area contributed by atoms with Gasteiger partial charge in [0.1, 0.15) is 11.5 Å². The van der Waals surface area contributed by atoms with Gasteiger partial charge in [0.05, 0.1) is 5.52 Å². The Morgan fingerprint density at radius 1 is 1.19 bits per heavy atom. The maximum Gasteiger partial charge on any atom is 0.415 e. The van der Waals surface area contributed by atoms with Crippen molar-refractivity contribution in [3.8, 4) is 17.0 Å². The zero-order valence-corrected chi connectivity index (χ0v) is 18.7. The molecule has 164 valence electrons. The van der Waals surface area contributed by atoms with Crippen LogP contribution in [0.2, 0.25) is 0 Å². The first-order valence-corrected chi connectivity index (χ1v) is 11.1. The molecule has 0 spiro atoms. The molecular formula is C23H24FN2O4S-. The monoisotopic (exact) mass is 443 g/mol. The number of carbonyl (C=O) groups is 1. The number of carbonyl (C=O) groups excluding carboxylic acids is 1. The molecule has 31 heavy (non-hydrogen) atoms. The van der Waals surface area contributed by atoms with Crippen LogP contribution in [0.15, 0.2) is 48.5 Å². The molecule has 0 aliphatic heterocycles. The van der Waals surface area contributed by atoms with Crippen molar-refractivity contribution >= 4 is 28.1 Å². The van der Waals surface area contributed by atoms with E-state index in [4.69, 9.17) is 4.74 Å². The zero-order chi connectivity index (χ0) is 22.8. The van der Waals surface area contributed by atoms with E-state index in [0.29, 0.717) is 28.6 Å². The molecule has 2 aromatic carbocycles. The van der Waals surface area contributed by atoms with Crippen molar-refractivity contribution < 1.29 is 22.7 Å². The molecule has 1 atom stereocenters. The van der Waals surface area contributed by atoms with E-state index in [1.807, 2.05) is 27.7 Å². The van der Waals surface area contributed by atoms with Gasteiger partial charge in [0.15, 0.2) is 5.75 Å². The fraction of sp³-hybridized carbons (Fsp3) is 0.304. The van der Waals surface area contributed by atoms with Gasteiger partial charge in [-0.15, -0.1) is 0 Å². The minimum atomic E-state index is -2.32. The van der Waals surface area contributed by atoms with Crippen LogP contribution < -0.4 is 4.74 Å². The van der Waals surface area contributed by atoms with E-state index in [1.54, 1.807) is 41.3 Å². The highest BCUT2D eigenvalue weighted by molar-refractivity contribution is 7.78. The van der Waals surface area contributed by atoms with Crippen LogP contribution in [0.1, 0.15) is 33.3 Å². The molecule has 0 aliphatic carbocycles. The number of pyridine rings is 1. The highest BCUT2D eigenvalue weighted by atomic mass is 32.2. The van der Waals surface area contributed by atoms with Crippen molar-refractivity contribution in [1.29, 1.82) is 0 Å². The van der Waals surface area contributed by atoms with Gasteiger partial charge >= 0.3 is 6.09 Å². The molecule has 0 saturated heterocycles. The minimum absolute atomic E-state index is 0.177. The van der Waals surface area contributed by atoms with Crippen LogP contribution in [0.3, 0.4) is 0 Å². The van der Waals surface area contributed by atoms with Gasteiger partial charge in [-0.05, 0) is 51.5 Å². The molecule has 0 fully saturated rings. The summed E-state index contributed by atoms with van der Waals surface area (Å²) >= 11 is -2.32. The quantitative estimate of drug-likeness (QED) is 0.516. The lowest BCUT2D eigenvalue weighted by Gasteiger charge is -2.33. The number of hydrogen-bond acceptors (Lipinski definition) is 5. The minimum Gasteiger partial charge on any atom is -0.772 e. The zero-order valence-electron chi connectivity index (χ0n) is 17.8. The van der Waals surface area contributed by atoms with Gasteiger partial charge in [0.2, 0.25) is 0 Å². The smallest absolute Gasteiger partial charge is 0.415 e. The summed E-state index contributed by atoms with van der Waals surface area (Å²) in [5.74, 6) is -0.499. The van der Waals surface area contributed by atoms with Crippen LogP contribution in [0.25, 0.3) is 22.2 Å². The lowest BCUT2D eigenvalue weighted by atomic mass is 10.0. The van der Waals surface area contributed by atoms with E-state index in [2.05, 4.69) is 4.98 Å². The van der Waals surface area contributed by atoms with E-state index in [-0.39, 0.29) is 17.2 Å². The number of ether oxygens (including phenoxy) is 1. The molecule has 0 bridgehead atoms. The van der Waals surface area contributed by atoms with E-state index in [9.17, 15) is 17.9 Å². The molecule has 1 unspecified atom stereocenters. The van der Waals surface area contributed by atoms with Gasteiger partial charge < -0.3 is 14.2 Å². The molecule has 0 radical (unpaired) electrons. The largest absolute Gasteiger partial charge is 0.772 e. The number of halogens is 1. The first-order valence-electron chi connectivity index (χ1n) is 9.84. The molecule has 1 amide bonds. The van der Waals surface area contributed by atoms with Crippen molar-refractivity contribution in [2.75, 3.05) is 6.54 Å². The van der Waals surface area contributed by atoms with Crippen LogP contribution in [0.5, 0.6) is 5.75 Å². The molecule has 0 N–H and O–H groups in total. The normalized spacial score (nSPS) is 12.6. The summed E-state index contributed by atoms with van der Waals surface area (Å²) < 4.78 is 42.3. The van der Waals surface area contributed by atoms with Gasteiger partial charge in [0, 0.05) is 34.9 Å². The summed E-state index contributed by atoms with van der Waals surface area (Å²) in [7, 11) is 0. The van der Waals surface area contributed by atoms with Crippen LogP contribution in [0, 0.1) is 5.82 Å². The third-order valence-corrected chi connectivity index (χ3v) is 5.38. The summed E-state index contributed by atoms with van der Waals surface area (Å²) in [4.78, 5) is 19.1. The summed E-state index contributed by atoms with van der Waals surface area (Å²) in [5, 5.41) is 0.594. The summed E-state index contributed by atoms with van der Waals surface area (Å²) in [5.41, 5.74) is 1.18. The Morgan fingerprint density at radius 3 is 2.55 bits per heavy atom. The lowest BCUT2D eigenvalue weighted by molar-refractivity contribution is 0.111. The van der Waals surface area contributed by atoms with E-state index >= 15 is 0 Å². The van der Waals surface area contributed by atoms with Crippen LogP contribution in [0.4, 0.5) is 9.18 Å². The number of benzene rings is 2. The number of rotatable bonds is 5. The second-order valence-electron chi connectivity index (χ2n) is 8.06. The molecule has 1 aromatic heterocycles. The Balaban J connectivity index is 2.18. The Hall–Kier alpha value is -2.84. The molecule has 0 aliphatic rings. The molecular weight excluding hydrogens is 419 g/mol. The van der Waals surface area contributed by atoms with Crippen LogP contribution in [-0.4, -0.2) is 36.8 Å². The molecule has 3 rings (SSSR count). The SMILES string of the molecule is CCN(C(=O)Oc1cc2ccc(F)cc2nc1-c1ccccc1CS(=O)[O-])C(C)(C)C. The van der Waals surface area contributed by atoms with Crippen molar-refractivity contribution in [1.82, 2.24) is 9.88 Å². The topological polar surface area (TPSA) is 82.6 Å². The second-order valence-corrected chi connectivity index (χ2v) is 8.96. The first-order chi connectivity index (χ1) is 14.6. The molecule has 6 nitrogen and oxygen atoms in total. The standard InChI is InChI=1S/C23H25FN2O4S/c1-5-26(23(2,3)4)22(27)30-20-12-15-10-11-17(24)13-19(15)25-21(20)18-9-7-6-8-16(18)14-31(28)29/h6-13H,5,14H2,1-4H3,(H,28,29)/p-1. The van der Waals surface area contributed by atoms with E-state index in [0.717, 1.165) is 0 Å². The number of hydrogen-bond donors (Lipinski definition) is 0. The van der Waals surface area contributed by atoms with Crippen molar-refractivity contribution in [3.05, 3.63) is 59.9 Å². The van der Waals surface area contributed by atoms with Gasteiger partial charge in [-0.25, -0.2) is 14.2 Å². The van der Waals surface area contributed by atoms with Crippen molar-refractivity contribution in [3.63, 3.8) is 0 Å². The molecule has 3 aromatic rings. The fourth-order valence-corrected chi connectivity index (χ4v) is 3.93. The fourth-order valence-electron chi connectivity index (χ4n) is 3.42. The Bertz CT molecular complexity index is 1140. The highest BCUT2D eigenvalue weighted by Crippen LogP contribution is 2.35. The van der Waals surface area contributed by atoms with Crippen molar-refractivity contribution in [2.45, 2.75) is 39.0 Å². The third kappa shape index (κ3) is 5.26. The van der Waals surface area contributed by atoms with Gasteiger partial charge in [-0.1, -0.05) is 35.3 Å². The maximum absolute atomic E-state index is 13.8. The van der Waals surface area contributed by atoms with Gasteiger partial charge in [-0.2, -0.15) is 0 Å². The summed E-state index contributed by atoms with van der Waals surface area (Å²) in [6.07, 6.45) is -0.551. The molecule has 1 heterocycles. The van der Waals surface area contributed by atoms with Gasteiger partial charge in [0.25, 0.3) is 0 Å². The van der Waals surface area contributed by atoms with Crippen LogP contribution >= 0.6 is 0 Å². The van der Waals surface area contributed by atoms with Crippen LogP contribution in [-0.2, 0) is 16.8 Å². The second kappa shape index (κ2) is 9.11. The maximum atomic E-state index is 13.8. The summed E-state index contributed by atoms with van der Waals surface area (Å²) in [6.45, 7) is 8.00. The number of aromatic nitrogens is 1. The number of nitrogens with zero attached hydrogens (tertiary/aromatic N) is 2. The predicted octanol–water partition coefficient (Wildman–Crippen LogP) is 5.04. The summed E-state index contributed by atoms with van der Waals surface area (Å²) in [6, 6.07) is 12.6.